The summed E-state index contributed by atoms with van der Waals surface area (Å²) in [7, 11) is 2.05. The van der Waals surface area contributed by atoms with Gasteiger partial charge >= 0.3 is 6.01 Å². The number of fused-ring (bicyclic) bond motifs is 5. The second-order valence-electron chi connectivity index (χ2n) is 11.0. The highest BCUT2D eigenvalue weighted by Gasteiger charge is 2.36. The van der Waals surface area contributed by atoms with E-state index in [4.69, 9.17) is 9.72 Å². The summed E-state index contributed by atoms with van der Waals surface area (Å²) in [5.74, 6) is -1.84. The van der Waals surface area contributed by atoms with E-state index in [0.29, 0.717) is 23.9 Å². The van der Waals surface area contributed by atoms with E-state index < -0.39 is 17.2 Å². The number of nitrogens with zero attached hydrogens (tertiary/aromatic N) is 6. The molecule has 4 aliphatic heterocycles. The third-order valence-corrected chi connectivity index (χ3v) is 8.50. The first-order valence-electron chi connectivity index (χ1n) is 13.6. The molecule has 10 nitrogen and oxygen atoms in total. The fourth-order valence-corrected chi connectivity index (χ4v) is 6.30. The van der Waals surface area contributed by atoms with Crippen molar-refractivity contribution in [2.24, 2.45) is 0 Å². The summed E-state index contributed by atoms with van der Waals surface area (Å²) < 4.78 is 36.3. The molecule has 0 amide bonds. The van der Waals surface area contributed by atoms with Crippen molar-refractivity contribution in [2.45, 2.75) is 43.8 Å². The van der Waals surface area contributed by atoms with Gasteiger partial charge in [-0.3, -0.25) is 4.79 Å². The number of likely N-dealkylation sites (N-methyl/N-ethyl adjacent to an activating group) is 1. The molecule has 40 heavy (non-hydrogen) atoms. The molecule has 0 aliphatic carbocycles. The van der Waals surface area contributed by atoms with Crippen molar-refractivity contribution in [1.82, 2.24) is 30.0 Å². The number of anilines is 1. The molecule has 0 radical (unpaired) electrons. The maximum Gasteiger partial charge on any atom is 0.319 e. The zero-order chi connectivity index (χ0) is 27.5. The summed E-state index contributed by atoms with van der Waals surface area (Å²) in [4.78, 5) is 27.7. The second kappa shape index (κ2) is 9.63. The van der Waals surface area contributed by atoms with Crippen LogP contribution in [0.2, 0.25) is 0 Å². The Morgan fingerprint density at radius 2 is 2.05 bits per heavy atom. The first kappa shape index (κ1) is 25.1. The SMILES string of the molecule is CN1CCC[C@H]1COc1nc(N2CC3CCC2CN3)c2cnn(-c3cc(O)cc4ccc(F)c(F)c34)c(=O)c2n1. The van der Waals surface area contributed by atoms with Crippen LogP contribution in [0.3, 0.4) is 0 Å². The Balaban J connectivity index is 1.40. The van der Waals surface area contributed by atoms with Crippen molar-refractivity contribution < 1.29 is 18.6 Å². The standard InChI is InChI=1S/C28H29F2N7O3/c1-35-8-2-3-18(35)14-40-28-33-25-20(26(34-28)36-13-16-5-6-17(36)11-31-16)12-32-37(27(25)39)22-10-19(38)9-15-4-7-21(29)24(30)23(15)22/h4,7,9-10,12,16-18,31,38H,2-3,5-6,8,11,13-14H2,1H3/t16?,17?,18-/m0/s1. The van der Waals surface area contributed by atoms with Gasteiger partial charge in [-0.2, -0.15) is 19.7 Å². The van der Waals surface area contributed by atoms with Crippen LogP contribution >= 0.6 is 0 Å². The predicted octanol–water partition coefficient (Wildman–Crippen LogP) is 2.73. The van der Waals surface area contributed by atoms with Crippen molar-refractivity contribution >= 4 is 27.5 Å². The van der Waals surface area contributed by atoms with E-state index in [1.165, 1.54) is 24.4 Å². The van der Waals surface area contributed by atoms with Gasteiger partial charge in [0.25, 0.3) is 5.56 Å². The predicted molar refractivity (Wildman–Crippen MR) is 145 cm³/mol. The Morgan fingerprint density at radius 3 is 2.77 bits per heavy atom. The number of phenols is 1. The van der Waals surface area contributed by atoms with Gasteiger partial charge in [0.05, 0.1) is 17.3 Å². The lowest BCUT2D eigenvalue weighted by molar-refractivity contribution is 0.188. The topological polar surface area (TPSA) is 109 Å². The van der Waals surface area contributed by atoms with Crippen LogP contribution in [0.15, 0.2) is 35.3 Å². The van der Waals surface area contributed by atoms with Crippen molar-refractivity contribution in [1.29, 1.82) is 0 Å². The lowest BCUT2D eigenvalue weighted by Gasteiger charge is -2.46. The van der Waals surface area contributed by atoms with E-state index in [1.54, 1.807) is 0 Å². The molecule has 2 bridgehead atoms. The number of halogens is 2. The molecule has 208 valence electrons. The zero-order valence-corrected chi connectivity index (χ0v) is 22.0. The smallest absolute Gasteiger partial charge is 0.319 e. The molecule has 4 aromatic rings. The number of nitrogens with one attached hydrogen (secondary N) is 1. The monoisotopic (exact) mass is 549 g/mol. The molecule has 6 heterocycles. The van der Waals surface area contributed by atoms with Gasteiger partial charge in [0, 0.05) is 42.7 Å². The maximum absolute atomic E-state index is 15.0. The van der Waals surface area contributed by atoms with Gasteiger partial charge in [-0.1, -0.05) is 6.07 Å². The number of hydrogen-bond donors (Lipinski definition) is 2. The molecule has 2 aromatic heterocycles. The first-order chi connectivity index (χ1) is 19.4. The average molecular weight is 550 g/mol. The molecule has 12 heteroatoms. The van der Waals surface area contributed by atoms with Crippen molar-refractivity contribution in [3.8, 4) is 17.4 Å². The van der Waals surface area contributed by atoms with Crippen LogP contribution in [0.4, 0.5) is 14.6 Å². The lowest BCUT2D eigenvalue weighted by atomic mass is 9.93. The molecular formula is C28H29F2N7O3. The van der Waals surface area contributed by atoms with Gasteiger partial charge in [0.15, 0.2) is 11.6 Å². The zero-order valence-electron chi connectivity index (χ0n) is 22.0. The van der Waals surface area contributed by atoms with Gasteiger partial charge in [0.1, 0.15) is 23.7 Å². The minimum atomic E-state index is -1.13. The Hall–Kier alpha value is -3.90. The maximum atomic E-state index is 15.0. The van der Waals surface area contributed by atoms with E-state index in [2.05, 4.69) is 32.2 Å². The van der Waals surface area contributed by atoms with E-state index >= 15 is 0 Å². The highest BCUT2D eigenvalue weighted by atomic mass is 19.2. The molecule has 4 fully saturated rings. The van der Waals surface area contributed by atoms with Crippen LogP contribution in [0.5, 0.6) is 11.8 Å². The molecule has 2 N–H and O–H groups in total. The average Bonchev–Trinajstić information content (AvgIpc) is 3.38. The van der Waals surface area contributed by atoms with Crippen LogP contribution in [0.25, 0.3) is 27.4 Å². The van der Waals surface area contributed by atoms with Crippen molar-refractivity contribution in [2.75, 3.05) is 38.2 Å². The van der Waals surface area contributed by atoms with Gasteiger partial charge < -0.3 is 25.0 Å². The molecule has 2 unspecified atom stereocenters. The first-order valence-corrected chi connectivity index (χ1v) is 13.6. The Bertz CT molecular complexity index is 1690. The molecule has 0 spiro atoms. The largest absolute Gasteiger partial charge is 0.508 e. The van der Waals surface area contributed by atoms with Crippen molar-refractivity contribution in [3.63, 3.8) is 0 Å². The van der Waals surface area contributed by atoms with Crippen LogP contribution in [0.1, 0.15) is 25.7 Å². The van der Waals surface area contributed by atoms with Gasteiger partial charge in [0.2, 0.25) is 0 Å². The number of aromatic nitrogens is 4. The Kier molecular flexibility index (Phi) is 6.04. The Morgan fingerprint density at radius 1 is 1.18 bits per heavy atom. The molecule has 8 rings (SSSR count). The van der Waals surface area contributed by atoms with Gasteiger partial charge in [-0.05, 0) is 56.8 Å². The molecule has 0 saturated carbocycles. The number of likely N-dealkylation sites (tertiary alicyclic amines) is 1. The number of phenolic OH excluding ortho intramolecular Hbond substituents is 1. The molecule has 2 aromatic carbocycles. The third-order valence-electron chi connectivity index (χ3n) is 8.50. The number of ether oxygens (including phenoxy) is 1. The quantitative estimate of drug-likeness (QED) is 0.389. The Labute approximate surface area is 228 Å². The van der Waals surface area contributed by atoms with Crippen LogP contribution in [-0.2, 0) is 0 Å². The van der Waals surface area contributed by atoms with Crippen molar-refractivity contribution in [3.05, 3.63) is 52.5 Å². The summed E-state index contributed by atoms with van der Waals surface area (Å²) >= 11 is 0. The summed E-state index contributed by atoms with van der Waals surface area (Å²) in [5, 5.41) is 18.7. The van der Waals surface area contributed by atoms with Gasteiger partial charge in [-0.15, -0.1) is 0 Å². The summed E-state index contributed by atoms with van der Waals surface area (Å²) in [6, 6.07) is 5.64. The van der Waals surface area contributed by atoms with Gasteiger partial charge in [-0.25, -0.2) is 8.78 Å². The fourth-order valence-electron chi connectivity index (χ4n) is 6.30. The molecular weight excluding hydrogens is 520 g/mol. The molecule has 3 atom stereocenters. The lowest BCUT2D eigenvalue weighted by Crippen LogP contribution is -2.61. The minimum Gasteiger partial charge on any atom is -0.508 e. The van der Waals surface area contributed by atoms with E-state index in [9.17, 15) is 18.7 Å². The second-order valence-corrected chi connectivity index (χ2v) is 11.0. The summed E-state index contributed by atoms with van der Waals surface area (Å²) in [5.41, 5.74) is -0.687. The minimum absolute atomic E-state index is 0.0532. The fraction of sp³-hybridized carbons (Fsp3) is 0.429. The van der Waals surface area contributed by atoms with E-state index in [1.807, 2.05) is 0 Å². The number of hydrogen-bond acceptors (Lipinski definition) is 9. The molecule has 4 aliphatic rings. The van der Waals surface area contributed by atoms with E-state index in [0.717, 1.165) is 56.1 Å². The normalized spacial score (nSPS) is 23.0. The van der Waals surface area contributed by atoms with E-state index in [-0.39, 0.29) is 45.8 Å². The molecule has 4 saturated heterocycles. The number of piperazine rings is 1. The number of piperidine rings is 2. The van der Waals surface area contributed by atoms with Crippen LogP contribution in [-0.4, -0.2) is 81.2 Å². The van der Waals surface area contributed by atoms with Crippen LogP contribution in [0, 0.1) is 11.6 Å². The summed E-state index contributed by atoms with van der Waals surface area (Å²) in [6.07, 6.45) is 5.63. The summed E-state index contributed by atoms with van der Waals surface area (Å²) in [6.45, 7) is 2.92. The number of aromatic hydroxyl groups is 1. The highest BCUT2D eigenvalue weighted by molar-refractivity contribution is 5.93. The third kappa shape index (κ3) is 4.13. The highest BCUT2D eigenvalue weighted by Crippen LogP contribution is 2.34. The van der Waals surface area contributed by atoms with Crippen LogP contribution < -0.4 is 20.5 Å². The number of benzene rings is 2. The number of rotatable bonds is 5.